The second kappa shape index (κ2) is 4.45. The van der Waals surface area contributed by atoms with Crippen LogP contribution in [0.3, 0.4) is 0 Å². The minimum absolute atomic E-state index is 0.0764. The molecule has 0 aliphatic heterocycles. The maximum absolute atomic E-state index is 11.1. The average molecular weight is 172 g/mol. The first kappa shape index (κ1) is 9.52. The quantitative estimate of drug-likeness (QED) is 0.476. The Morgan fingerprint density at radius 3 is 2.75 bits per heavy atom. The summed E-state index contributed by atoms with van der Waals surface area (Å²) in [5.74, 6) is -0.247. The molecule has 0 unspecified atom stereocenters. The van der Waals surface area contributed by atoms with Gasteiger partial charge in [-0.2, -0.15) is 0 Å². The lowest BCUT2D eigenvalue weighted by Crippen LogP contribution is -2.20. The van der Waals surface area contributed by atoms with Gasteiger partial charge in [0.2, 0.25) is 0 Å². The van der Waals surface area contributed by atoms with E-state index in [2.05, 4.69) is 4.74 Å². The summed E-state index contributed by atoms with van der Waals surface area (Å²) in [6.07, 6.45) is 4.01. The average Bonchev–Trinajstić information content (AvgIpc) is 2.28. The van der Waals surface area contributed by atoms with Crippen molar-refractivity contribution >= 4 is 5.97 Å². The zero-order chi connectivity index (χ0) is 8.97. The highest BCUT2D eigenvalue weighted by Crippen LogP contribution is 2.23. The van der Waals surface area contributed by atoms with Gasteiger partial charge in [-0.15, -0.1) is 0 Å². The Bertz CT molecular complexity index is 156. The molecule has 0 amide bonds. The first-order valence-corrected chi connectivity index (χ1v) is 4.50. The standard InChI is InChI=1S/C9H16O3/c1-12-9(11)7-4-2-3-5-8(10)6-7/h7-8,10H,2-6H2,1H3/t7-,8-/m0/s1. The molecule has 0 bridgehead atoms. The van der Waals surface area contributed by atoms with Crippen LogP contribution in [-0.2, 0) is 9.53 Å². The molecule has 0 aromatic rings. The Labute approximate surface area is 72.7 Å². The van der Waals surface area contributed by atoms with Gasteiger partial charge in [0.25, 0.3) is 0 Å². The van der Waals surface area contributed by atoms with Crippen molar-refractivity contribution in [3.63, 3.8) is 0 Å². The van der Waals surface area contributed by atoms with Gasteiger partial charge in [0.05, 0.1) is 19.1 Å². The third-order valence-electron chi connectivity index (χ3n) is 2.43. The second-order valence-electron chi connectivity index (χ2n) is 3.39. The molecule has 2 atom stereocenters. The highest BCUT2D eigenvalue weighted by molar-refractivity contribution is 5.72. The number of methoxy groups -OCH3 is 1. The predicted molar refractivity (Wildman–Crippen MR) is 44.6 cm³/mol. The van der Waals surface area contributed by atoms with Gasteiger partial charge in [-0.25, -0.2) is 0 Å². The first-order valence-electron chi connectivity index (χ1n) is 4.50. The number of aliphatic hydroxyl groups is 1. The van der Waals surface area contributed by atoms with Crippen LogP contribution < -0.4 is 0 Å². The Kier molecular flexibility index (Phi) is 3.53. The van der Waals surface area contributed by atoms with E-state index < -0.39 is 0 Å². The van der Waals surface area contributed by atoms with E-state index in [0.717, 1.165) is 25.7 Å². The van der Waals surface area contributed by atoms with Crippen LogP contribution in [0.1, 0.15) is 32.1 Å². The van der Waals surface area contributed by atoms with Crippen LogP contribution in [0.4, 0.5) is 0 Å². The minimum Gasteiger partial charge on any atom is -0.469 e. The highest BCUT2D eigenvalue weighted by atomic mass is 16.5. The van der Waals surface area contributed by atoms with E-state index in [1.165, 1.54) is 7.11 Å². The van der Waals surface area contributed by atoms with Gasteiger partial charge in [0.15, 0.2) is 0 Å². The molecule has 3 nitrogen and oxygen atoms in total. The number of ether oxygens (including phenoxy) is 1. The normalized spacial score (nSPS) is 30.8. The fourth-order valence-electron chi connectivity index (χ4n) is 1.72. The predicted octanol–water partition coefficient (Wildman–Crippen LogP) is 1.10. The molecule has 1 saturated carbocycles. The molecule has 0 aromatic carbocycles. The maximum atomic E-state index is 11.1. The van der Waals surface area contributed by atoms with Crippen LogP contribution in [0.25, 0.3) is 0 Å². The lowest BCUT2D eigenvalue weighted by Gasteiger charge is -2.13. The number of aliphatic hydroxyl groups excluding tert-OH is 1. The molecule has 0 saturated heterocycles. The summed E-state index contributed by atoms with van der Waals surface area (Å²) in [6.45, 7) is 0. The zero-order valence-electron chi connectivity index (χ0n) is 7.45. The number of hydrogen-bond acceptors (Lipinski definition) is 3. The summed E-state index contributed by atoms with van der Waals surface area (Å²) in [5, 5.41) is 9.40. The third-order valence-corrected chi connectivity index (χ3v) is 2.43. The van der Waals surface area contributed by atoms with Crippen LogP contribution >= 0.6 is 0 Å². The molecule has 1 aliphatic rings. The van der Waals surface area contributed by atoms with Gasteiger partial charge in [-0.1, -0.05) is 12.8 Å². The van der Waals surface area contributed by atoms with E-state index in [9.17, 15) is 9.90 Å². The van der Waals surface area contributed by atoms with Crippen molar-refractivity contribution in [1.82, 2.24) is 0 Å². The molecule has 0 aromatic heterocycles. The van der Waals surface area contributed by atoms with Gasteiger partial charge in [-0.3, -0.25) is 4.79 Å². The number of carbonyl (C=O) groups excluding carboxylic acids is 1. The van der Waals surface area contributed by atoms with E-state index >= 15 is 0 Å². The molecule has 0 radical (unpaired) electrons. The van der Waals surface area contributed by atoms with E-state index in [0.29, 0.717) is 6.42 Å². The Morgan fingerprint density at radius 1 is 1.42 bits per heavy atom. The van der Waals surface area contributed by atoms with Crippen LogP contribution in [0.15, 0.2) is 0 Å². The summed E-state index contributed by atoms with van der Waals surface area (Å²) in [4.78, 5) is 11.1. The Hall–Kier alpha value is -0.570. The second-order valence-corrected chi connectivity index (χ2v) is 3.39. The van der Waals surface area contributed by atoms with E-state index in [1.807, 2.05) is 0 Å². The molecular weight excluding hydrogens is 156 g/mol. The van der Waals surface area contributed by atoms with Gasteiger partial charge >= 0.3 is 5.97 Å². The first-order chi connectivity index (χ1) is 5.74. The largest absolute Gasteiger partial charge is 0.469 e. The summed E-state index contributed by atoms with van der Waals surface area (Å²) in [7, 11) is 1.40. The fraction of sp³-hybridized carbons (Fsp3) is 0.889. The number of carbonyl (C=O) groups is 1. The summed E-state index contributed by atoms with van der Waals surface area (Å²) < 4.78 is 4.64. The van der Waals surface area contributed by atoms with E-state index in [-0.39, 0.29) is 18.0 Å². The van der Waals surface area contributed by atoms with Gasteiger partial charge < -0.3 is 9.84 Å². The van der Waals surface area contributed by atoms with Gasteiger partial charge in [-0.05, 0) is 19.3 Å². The van der Waals surface area contributed by atoms with Crippen LogP contribution in [0, 0.1) is 5.92 Å². The molecule has 1 aliphatic carbocycles. The fourth-order valence-corrected chi connectivity index (χ4v) is 1.72. The monoisotopic (exact) mass is 172 g/mol. The van der Waals surface area contributed by atoms with Crippen LogP contribution in [-0.4, -0.2) is 24.3 Å². The smallest absolute Gasteiger partial charge is 0.308 e. The minimum atomic E-state index is -0.309. The molecule has 0 spiro atoms. The van der Waals surface area contributed by atoms with Crippen molar-refractivity contribution in [2.45, 2.75) is 38.2 Å². The van der Waals surface area contributed by atoms with Crippen LogP contribution in [0.2, 0.25) is 0 Å². The SMILES string of the molecule is COC(=O)[C@H]1CCCC[C@H](O)C1. The molecule has 70 valence electrons. The number of esters is 1. The number of hydrogen-bond donors (Lipinski definition) is 1. The summed E-state index contributed by atoms with van der Waals surface area (Å²) >= 11 is 0. The Morgan fingerprint density at radius 2 is 2.08 bits per heavy atom. The molecule has 1 rings (SSSR count). The molecule has 1 N–H and O–H groups in total. The lowest BCUT2D eigenvalue weighted by atomic mass is 10.00. The lowest BCUT2D eigenvalue weighted by molar-refractivity contribution is -0.146. The third kappa shape index (κ3) is 2.48. The summed E-state index contributed by atoms with van der Waals surface area (Å²) in [5.41, 5.74) is 0. The van der Waals surface area contributed by atoms with Crippen LogP contribution in [0.5, 0.6) is 0 Å². The molecule has 3 heteroatoms. The van der Waals surface area contributed by atoms with Crippen molar-refractivity contribution in [2.75, 3.05) is 7.11 Å². The van der Waals surface area contributed by atoms with E-state index in [1.54, 1.807) is 0 Å². The number of rotatable bonds is 1. The van der Waals surface area contributed by atoms with Crippen molar-refractivity contribution in [3.05, 3.63) is 0 Å². The van der Waals surface area contributed by atoms with Crippen molar-refractivity contribution < 1.29 is 14.6 Å². The topological polar surface area (TPSA) is 46.5 Å². The van der Waals surface area contributed by atoms with Gasteiger partial charge in [0, 0.05) is 0 Å². The molecule has 1 fully saturated rings. The summed E-state index contributed by atoms with van der Waals surface area (Å²) in [6, 6.07) is 0. The maximum Gasteiger partial charge on any atom is 0.308 e. The highest BCUT2D eigenvalue weighted by Gasteiger charge is 2.24. The molecular formula is C9H16O3. The van der Waals surface area contributed by atoms with Crippen molar-refractivity contribution in [2.24, 2.45) is 5.92 Å². The van der Waals surface area contributed by atoms with Gasteiger partial charge in [0.1, 0.15) is 0 Å². The van der Waals surface area contributed by atoms with Crippen molar-refractivity contribution in [3.8, 4) is 0 Å². The molecule has 12 heavy (non-hydrogen) atoms. The van der Waals surface area contributed by atoms with Crippen molar-refractivity contribution in [1.29, 1.82) is 0 Å². The Balaban J connectivity index is 2.46. The molecule has 0 heterocycles. The van der Waals surface area contributed by atoms with E-state index in [4.69, 9.17) is 0 Å². The zero-order valence-corrected chi connectivity index (χ0v) is 7.45.